The van der Waals surface area contributed by atoms with Gasteiger partial charge in [0.05, 0.1) is 6.10 Å². The van der Waals surface area contributed by atoms with Gasteiger partial charge in [-0.05, 0) is 32.3 Å². The van der Waals surface area contributed by atoms with Crippen LogP contribution in [0.15, 0.2) is 11.6 Å². The molecule has 66 valence electrons. The first-order chi connectivity index (χ1) is 5.62. The van der Waals surface area contributed by atoms with Crippen molar-refractivity contribution >= 4 is 5.78 Å². The summed E-state index contributed by atoms with van der Waals surface area (Å²) in [7, 11) is 0. The maximum Gasteiger partial charge on any atom is 0.168 e. The normalized spacial score (nSPS) is 41.0. The monoisotopic (exact) mass is 166 g/mol. The summed E-state index contributed by atoms with van der Waals surface area (Å²) in [5.74, 6) is 0.238. The Morgan fingerprint density at radius 2 is 2.42 bits per heavy atom. The molecule has 0 aromatic heterocycles. The van der Waals surface area contributed by atoms with Crippen molar-refractivity contribution in [2.45, 2.75) is 44.8 Å². The van der Waals surface area contributed by atoms with Gasteiger partial charge in [0.15, 0.2) is 5.78 Å². The number of ketones is 1. The van der Waals surface area contributed by atoms with Crippen LogP contribution in [0, 0.1) is 0 Å². The first-order valence-electron chi connectivity index (χ1n) is 4.49. The Labute approximate surface area is 72.6 Å². The Morgan fingerprint density at radius 1 is 1.67 bits per heavy atom. The highest BCUT2D eigenvalue weighted by Crippen LogP contribution is 2.37. The predicted molar refractivity (Wildman–Crippen MR) is 45.9 cm³/mol. The van der Waals surface area contributed by atoms with E-state index in [1.807, 2.05) is 13.0 Å². The van der Waals surface area contributed by atoms with Crippen LogP contribution < -0.4 is 0 Å². The van der Waals surface area contributed by atoms with Crippen LogP contribution in [0.1, 0.15) is 33.1 Å². The topological polar surface area (TPSA) is 26.3 Å². The van der Waals surface area contributed by atoms with Gasteiger partial charge in [0.1, 0.15) is 5.60 Å². The summed E-state index contributed by atoms with van der Waals surface area (Å²) in [5.41, 5.74) is 0.753. The van der Waals surface area contributed by atoms with Crippen LogP contribution in [0.2, 0.25) is 0 Å². The van der Waals surface area contributed by atoms with Crippen molar-refractivity contribution < 1.29 is 9.53 Å². The van der Waals surface area contributed by atoms with E-state index < -0.39 is 5.60 Å². The third kappa shape index (κ3) is 1.02. The Bertz CT molecular complexity index is 255. The zero-order valence-corrected chi connectivity index (χ0v) is 7.59. The molecule has 1 fully saturated rings. The molecule has 2 heterocycles. The van der Waals surface area contributed by atoms with Crippen molar-refractivity contribution in [1.82, 2.24) is 0 Å². The predicted octanol–water partition coefficient (Wildman–Crippen LogP) is 1.84. The zero-order valence-electron chi connectivity index (χ0n) is 7.59. The number of hydrogen-bond acceptors (Lipinski definition) is 2. The van der Waals surface area contributed by atoms with Gasteiger partial charge in [0, 0.05) is 6.42 Å². The van der Waals surface area contributed by atoms with Crippen LogP contribution in [0.3, 0.4) is 0 Å². The minimum Gasteiger partial charge on any atom is -0.360 e. The minimum atomic E-state index is -0.473. The molecular weight excluding hydrogens is 152 g/mol. The molecule has 0 radical (unpaired) electrons. The minimum absolute atomic E-state index is 0.210. The van der Waals surface area contributed by atoms with E-state index >= 15 is 0 Å². The number of fused-ring (bicyclic) bond motifs is 2. The van der Waals surface area contributed by atoms with E-state index in [0.29, 0.717) is 6.42 Å². The molecule has 0 aromatic rings. The van der Waals surface area contributed by atoms with Crippen molar-refractivity contribution in [3.05, 3.63) is 11.6 Å². The molecule has 2 bridgehead atoms. The number of rotatable bonds is 0. The van der Waals surface area contributed by atoms with Gasteiger partial charge in [-0.3, -0.25) is 4.79 Å². The van der Waals surface area contributed by atoms with E-state index in [-0.39, 0.29) is 11.9 Å². The molecule has 0 saturated carbocycles. The van der Waals surface area contributed by atoms with Gasteiger partial charge >= 0.3 is 0 Å². The van der Waals surface area contributed by atoms with Crippen LogP contribution in [0.5, 0.6) is 0 Å². The number of hydrogen-bond donors (Lipinski definition) is 0. The van der Waals surface area contributed by atoms with Crippen LogP contribution in [-0.2, 0) is 9.53 Å². The average molecular weight is 166 g/mol. The second-order valence-electron chi connectivity index (χ2n) is 3.95. The Kier molecular flexibility index (Phi) is 1.62. The molecule has 12 heavy (non-hydrogen) atoms. The van der Waals surface area contributed by atoms with E-state index in [2.05, 4.69) is 6.92 Å². The SMILES string of the molecule is CC1=CCC(=O)[C@@]2(C)CC[C@@H]1O2. The quantitative estimate of drug-likeness (QED) is 0.513. The molecule has 0 unspecified atom stereocenters. The largest absolute Gasteiger partial charge is 0.360 e. The van der Waals surface area contributed by atoms with E-state index in [4.69, 9.17) is 4.74 Å². The fourth-order valence-electron chi connectivity index (χ4n) is 1.97. The lowest BCUT2D eigenvalue weighted by molar-refractivity contribution is -0.137. The van der Waals surface area contributed by atoms with Crippen molar-refractivity contribution in [2.75, 3.05) is 0 Å². The molecule has 0 aliphatic carbocycles. The number of carbonyl (C=O) groups excluding carboxylic acids is 1. The van der Waals surface area contributed by atoms with Gasteiger partial charge in [-0.15, -0.1) is 0 Å². The summed E-state index contributed by atoms with van der Waals surface area (Å²) in [6.45, 7) is 3.97. The lowest BCUT2D eigenvalue weighted by Crippen LogP contribution is -2.33. The second kappa shape index (κ2) is 2.43. The molecule has 2 aliphatic rings. The Balaban J connectivity index is 2.33. The van der Waals surface area contributed by atoms with Gasteiger partial charge < -0.3 is 4.74 Å². The summed E-state index contributed by atoms with van der Waals surface area (Å²) in [4.78, 5) is 11.6. The first-order valence-corrected chi connectivity index (χ1v) is 4.49. The highest BCUT2D eigenvalue weighted by Gasteiger charge is 2.43. The van der Waals surface area contributed by atoms with Crippen molar-refractivity contribution in [1.29, 1.82) is 0 Å². The number of ether oxygens (including phenoxy) is 1. The van der Waals surface area contributed by atoms with Gasteiger partial charge in [-0.25, -0.2) is 0 Å². The van der Waals surface area contributed by atoms with Gasteiger partial charge in [0.2, 0.25) is 0 Å². The molecule has 2 atom stereocenters. The smallest absolute Gasteiger partial charge is 0.168 e. The highest BCUT2D eigenvalue weighted by molar-refractivity contribution is 5.89. The van der Waals surface area contributed by atoms with E-state index in [1.165, 1.54) is 5.57 Å². The summed E-state index contributed by atoms with van der Waals surface area (Å²) in [5, 5.41) is 0. The van der Waals surface area contributed by atoms with Crippen molar-refractivity contribution in [2.24, 2.45) is 0 Å². The van der Waals surface area contributed by atoms with Crippen molar-refractivity contribution in [3.63, 3.8) is 0 Å². The summed E-state index contributed by atoms with van der Waals surface area (Å²) in [6.07, 6.45) is 4.67. The van der Waals surface area contributed by atoms with E-state index in [0.717, 1.165) is 12.8 Å². The van der Waals surface area contributed by atoms with Gasteiger partial charge in [-0.1, -0.05) is 6.08 Å². The molecule has 2 rings (SSSR count). The second-order valence-corrected chi connectivity index (χ2v) is 3.95. The van der Waals surface area contributed by atoms with Crippen LogP contribution in [0.25, 0.3) is 0 Å². The van der Waals surface area contributed by atoms with Crippen molar-refractivity contribution in [3.8, 4) is 0 Å². The summed E-state index contributed by atoms with van der Waals surface area (Å²) in [6, 6.07) is 0. The first kappa shape index (κ1) is 7.99. The maximum absolute atomic E-state index is 11.6. The summed E-state index contributed by atoms with van der Waals surface area (Å²) >= 11 is 0. The van der Waals surface area contributed by atoms with E-state index in [1.54, 1.807) is 0 Å². The molecule has 0 amide bonds. The number of allylic oxidation sites excluding steroid dienone is 1. The van der Waals surface area contributed by atoms with Gasteiger partial charge in [-0.2, -0.15) is 0 Å². The lowest BCUT2D eigenvalue weighted by Gasteiger charge is -2.20. The molecule has 1 saturated heterocycles. The molecule has 2 heteroatoms. The molecule has 0 N–H and O–H groups in total. The zero-order chi connectivity index (χ0) is 8.77. The highest BCUT2D eigenvalue weighted by atomic mass is 16.5. The summed E-state index contributed by atoms with van der Waals surface area (Å²) < 4.78 is 5.72. The third-order valence-electron chi connectivity index (χ3n) is 2.99. The Hall–Kier alpha value is -0.630. The molecule has 0 aromatic carbocycles. The average Bonchev–Trinajstić information content (AvgIpc) is 2.40. The van der Waals surface area contributed by atoms with E-state index in [9.17, 15) is 4.79 Å². The molecule has 2 nitrogen and oxygen atoms in total. The number of Topliss-reactive ketones (excluding diaryl/α,β-unsaturated/α-hetero) is 1. The Morgan fingerprint density at radius 3 is 3.17 bits per heavy atom. The van der Waals surface area contributed by atoms with Crippen LogP contribution in [-0.4, -0.2) is 17.5 Å². The fourth-order valence-corrected chi connectivity index (χ4v) is 1.97. The third-order valence-corrected chi connectivity index (χ3v) is 2.99. The molecule has 2 aliphatic heterocycles. The van der Waals surface area contributed by atoms with Crippen LogP contribution in [0.4, 0.5) is 0 Å². The van der Waals surface area contributed by atoms with Crippen LogP contribution >= 0.6 is 0 Å². The number of carbonyl (C=O) groups is 1. The molecular formula is C10H14O2. The maximum atomic E-state index is 11.6. The van der Waals surface area contributed by atoms with Gasteiger partial charge in [0.25, 0.3) is 0 Å². The molecule has 0 spiro atoms. The fraction of sp³-hybridized carbons (Fsp3) is 0.700. The lowest BCUT2D eigenvalue weighted by atomic mass is 9.91. The standard InChI is InChI=1S/C10H14O2/c1-7-3-4-9(11)10(2)6-5-8(7)12-10/h3,8H,4-6H2,1-2H3/t8-,10+/m0/s1.